The van der Waals surface area contributed by atoms with Gasteiger partial charge in [-0.3, -0.25) is 4.72 Å². The van der Waals surface area contributed by atoms with Crippen molar-refractivity contribution in [3.05, 3.63) is 77.8 Å². The van der Waals surface area contributed by atoms with E-state index >= 15 is 0 Å². The fourth-order valence-corrected chi connectivity index (χ4v) is 4.37. The topological polar surface area (TPSA) is 108 Å². The standard InChI is InChI=1S/C21H18ClN5O4S/c1-14-24-20(27-11-3-10-23-27)13-21(25-14)31-17-7-5-16(6-8-17)26-32(28,29)19-12-15(22)4-9-18(19)30-2/h3-13,26H,1-2H3. The van der Waals surface area contributed by atoms with Gasteiger partial charge >= 0.3 is 0 Å². The van der Waals surface area contributed by atoms with E-state index in [0.29, 0.717) is 29.0 Å². The second-order valence-corrected chi connectivity index (χ2v) is 8.68. The lowest BCUT2D eigenvalue weighted by Crippen LogP contribution is -2.14. The zero-order valence-electron chi connectivity index (χ0n) is 17.1. The van der Waals surface area contributed by atoms with E-state index in [1.165, 1.54) is 19.2 Å². The first-order chi connectivity index (χ1) is 15.3. The number of hydrogen-bond acceptors (Lipinski definition) is 7. The molecule has 4 aromatic rings. The van der Waals surface area contributed by atoms with E-state index in [0.717, 1.165) is 0 Å². The van der Waals surface area contributed by atoms with Gasteiger partial charge in [-0.2, -0.15) is 10.1 Å². The quantitative estimate of drug-likeness (QED) is 0.429. The largest absolute Gasteiger partial charge is 0.495 e. The highest BCUT2D eigenvalue weighted by Gasteiger charge is 2.20. The van der Waals surface area contributed by atoms with Crippen molar-refractivity contribution in [2.24, 2.45) is 0 Å². The fraction of sp³-hybridized carbons (Fsp3) is 0.0952. The van der Waals surface area contributed by atoms with Gasteiger partial charge in [0, 0.05) is 29.2 Å². The van der Waals surface area contributed by atoms with E-state index in [1.54, 1.807) is 66.5 Å². The van der Waals surface area contributed by atoms with Gasteiger partial charge in [0.25, 0.3) is 10.0 Å². The second kappa shape index (κ2) is 8.85. The first-order valence-electron chi connectivity index (χ1n) is 9.34. The third-order valence-corrected chi connectivity index (χ3v) is 5.92. The van der Waals surface area contributed by atoms with Crippen LogP contribution in [0.5, 0.6) is 17.4 Å². The normalized spacial score (nSPS) is 11.2. The maximum absolute atomic E-state index is 12.8. The summed E-state index contributed by atoms with van der Waals surface area (Å²) in [4.78, 5) is 8.55. The SMILES string of the molecule is COc1ccc(Cl)cc1S(=O)(=O)Nc1ccc(Oc2cc(-n3cccn3)nc(C)n2)cc1. The molecule has 2 heterocycles. The molecule has 9 nitrogen and oxygen atoms in total. The lowest BCUT2D eigenvalue weighted by molar-refractivity contribution is 0.403. The monoisotopic (exact) mass is 471 g/mol. The van der Waals surface area contributed by atoms with Crippen LogP contribution in [-0.4, -0.2) is 35.3 Å². The van der Waals surface area contributed by atoms with Gasteiger partial charge in [-0.1, -0.05) is 11.6 Å². The molecule has 0 atom stereocenters. The number of halogens is 1. The second-order valence-electron chi connectivity index (χ2n) is 6.59. The van der Waals surface area contributed by atoms with Crippen LogP contribution in [0.2, 0.25) is 5.02 Å². The van der Waals surface area contributed by atoms with Crippen LogP contribution in [0.1, 0.15) is 5.82 Å². The van der Waals surface area contributed by atoms with Gasteiger partial charge < -0.3 is 9.47 Å². The zero-order valence-corrected chi connectivity index (χ0v) is 18.6. The van der Waals surface area contributed by atoms with Crippen molar-refractivity contribution in [2.75, 3.05) is 11.8 Å². The number of aryl methyl sites for hydroxylation is 1. The van der Waals surface area contributed by atoms with Crippen LogP contribution in [0.25, 0.3) is 5.82 Å². The molecule has 0 unspecified atom stereocenters. The van der Waals surface area contributed by atoms with E-state index in [9.17, 15) is 8.42 Å². The molecule has 0 aliphatic rings. The molecule has 0 aliphatic carbocycles. The average Bonchev–Trinajstić information content (AvgIpc) is 3.30. The lowest BCUT2D eigenvalue weighted by atomic mass is 10.3. The first-order valence-corrected chi connectivity index (χ1v) is 11.2. The van der Waals surface area contributed by atoms with E-state index in [1.807, 2.05) is 0 Å². The molecular formula is C21H18ClN5O4S. The Kier molecular flexibility index (Phi) is 5.97. The minimum absolute atomic E-state index is 0.0598. The van der Waals surface area contributed by atoms with Crippen molar-refractivity contribution in [2.45, 2.75) is 11.8 Å². The number of hydrogen-bond donors (Lipinski definition) is 1. The van der Waals surface area contributed by atoms with E-state index in [2.05, 4.69) is 19.8 Å². The molecular weight excluding hydrogens is 454 g/mol. The third-order valence-electron chi connectivity index (χ3n) is 4.28. The number of anilines is 1. The Bertz CT molecular complexity index is 1340. The Hall–Kier alpha value is -3.63. The number of nitrogens with one attached hydrogen (secondary N) is 1. The van der Waals surface area contributed by atoms with Crippen LogP contribution in [-0.2, 0) is 10.0 Å². The molecule has 0 aliphatic heterocycles. The summed E-state index contributed by atoms with van der Waals surface area (Å²) >= 11 is 5.96. The highest BCUT2D eigenvalue weighted by molar-refractivity contribution is 7.92. The zero-order chi connectivity index (χ0) is 22.7. The number of nitrogens with zero attached hydrogens (tertiary/aromatic N) is 4. The Morgan fingerprint density at radius 3 is 2.53 bits per heavy atom. The minimum Gasteiger partial charge on any atom is -0.495 e. The summed E-state index contributed by atoms with van der Waals surface area (Å²) in [5, 5.41) is 4.43. The van der Waals surface area contributed by atoms with Crippen molar-refractivity contribution >= 4 is 27.3 Å². The number of methoxy groups -OCH3 is 1. The highest BCUT2D eigenvalue weighted by Crippen LogP contribution is 2.29. The molecule has 1 N–H and O–H groups in total. The minimum atomic E-state index is -3.92. The number of benzene rings is 2. The van der Waals surface area contributed by atoms with Crippen LogP contribution < -0.4 is 14.2 Å². The molecule has 0 radical (unpaired) electrons. The molecule has 0 bridgehead atoms. The van der Waals surface area contributed by atoms with Gasteiger partial charge in [0.1, 0.15) is 22.2 Å². The third kappa shape index (κ3) is 4.82. The summed E-state index contributed by atoms with van der Waals surface area (Å²) < 4.78 is 40.6. The maximum Gasteiger partial charge on any atom is 0.265 e. The summed E-state index contributed by atoms with van der Waals surface area (Å²) in [5.74, 6) is 2.08. The number of rotatable bonds is 7. The Morgan fingerprint density at radius 2 is 1.84 bits per heavy atom. The predicted octanol–water partition coefficient (Wildman–Crippen LogP) is 4.23. The van der Waals surface area contributed by atoms with Crippen molar-refractivity contribution in [1.82, 2.24) is 19.7 Å². The Morgan fingerprint density at radius 1 is 1.06 bits per heavy atom. The molecule has 0 saturated carbocycles. The van der Waals surface area contributed by atoms with Crippen LogP contribution in [0.15, 0.2) is 71.9 Å². The van der Waals surface area contributed by atoms with Crippen molar-refractivity contribution < 1.29 is 17.9 Å². The van der Waals surface area contributed by atoms with Crippen molar-refractivity contribution in [3.63, 3.8) is 0 Å². The van der Waals surface area contributed by atoms with E-state index in [4.69, 9.17) is 21.1 Å². The molecule has 11 heteroatoms. The average molecular weight is 472 g/mol. The molecule has 2 aromatic carbocycles. The van der Waals surface area contributed by atoms with E-state index < -0.39 is 10.0 Å². The molecule has 0 saturated heterocycles. The van der Waals surface area contributed by atoms with Crippen LogP contribution in [0.3, 0.4) is 0 Å². The molecule has 32 heavy (non-hydrogen) atoms. The number of sulfonamides is 1. The molecule has 0 amide bonds. The van der Waals surface area contributed by atoms with Crippen LogP contribution in [0, 0.1) is 6.92 Å². The summed E-state index contributed by atoms with van der Waals surface area (Å²) in [6.45, 7) is 1.75. The Labute approximate surface area is 189 Å². The molecule has 164 valence electrons. The first kappa shape index (κ1) is 21.6. The highest BCUT2D eigenvalue weighted by atomic mass is 35.5. The van der Waals surface area contributed by atoms with Crippen LogP contribution >= 0.6 is 11.6 Å². The van der Waals surface area contributed by atoms with Gasteiger partial charge in [-0.15, -0.1) is 0 Å². The summed E-state index contributed by atoms with van der Waals surface area (Å²) in [5.41, 5.74) is 0.343. The summed E-state index contributed by atoms with van der Waals surface area (Å²) in [7, 11) is -2.53. The van der Waals surface area contributed by atoms with E-state index in [-0.39, 0.29) is 15.7 Å². The van der Waals surface area contributed by atoms with Gasteiger partial charge in [0.2, 0.25) is 5.88 Å². The number of ether oxygens (including phenoxy) is 2. The molecule has 4 rings (SSSR count). The van der Waals surface area contributed by atoms with Gasteiger partial charge in [-0.05, 0) is 55.5 Å². The molecule has 0 spiro atoms. The Balaban J connectivity index is 1.53. The van der Waals surface area contributed by atoms with Gasteiger partial charge in [-0.25, -0.2) is 18.1 Å². The predicted molar refractivity (Wildman–Crippen MR) is 119 cm³/mol. The number of aromatic nitrogens is 4. The lowest BCUT2D eigenvalue weighted by Gasteiger charge is -2.12. The van der Waals surface area contributed by atoms with Crippen LogP contribution in [0.4, 0.5) is 5.69 Å². The summed E-state index contributed by atoms with van der Waals surface area (Å²) in [6.07, 6.45) is 3.41. The fourth-order valence-electron chi connectivity index (χ4n) is 2.88. The molecule has 0 fully saturated rings. The van der Waals surface area contributed by atoms with Gasteiger partial charge in [0.15, 0.2) is 5.82 Å². The summed E-state index contributed by atoms with van der Waals surface area (Å²) in [6, 6.07) is 14.2. The maximum atomic E-state index is 12.8. The molecule has 2 aromatic heterocycles. The van der Waals surface area contributed by atoms with Crippen molar-refractivity contribution in [3.8, 4) is 23.2 Å². The van der Waals surface area contributed by atoms with Gasteiger partial charge in [0.05, 0.1) is 7.11 Å². The smallest absolute Gasteiger partial charge is 0.265 e. The van der Waals surface area contributed by atoms with Crippen molar-refractivity contribution in [1.29, 1.82) is 0 Å².